The van der Waals surface area contributed by atoms with Crippen LogP contribution in [0.5, 0.6) is 0 Å². The van der Waals surface area contributed by atoms with E-state index in [-0.39, 0.29) is 0 Å². The molecule has 0 aliphatic heterocycles. The predicted octanol–water partition coefficient (Wildman–Crippen LogP) is 2.98. The van der Waals surface area contributed by atoms with Crippen molar-refractivity contribution in [3.8, 4) is 0 Å². The Hall–Kier alpha value is -1.55. The van der Waals surface area contributed by atoms with Crippen molar-refractivity contribution in [2.75, 3.05) is 12.4 Å². The average molecular weight is 231 g/mol. The molecule has 0 saturated heterocycles. The summed E-state index contributed by atoms with van der Waals surface area (Å²) in [6.07, 6.45) is 0. The average Bonchev–Trinajstić information content (AvgIpc) is 2.29. The van der Waals surface area contributed by atoms with Crippen LogP contribution in [0.4, 0.5) is 5.82 Å². The minimum atomic E-state index is 0.783. The van der Waals surface area contributed by atoms with E-state index in [4.69, 9.17) is 0 Å². The second-order valence-corrected chi connectivity index (χ2v) is 4.40. The molecule has 16 heavy (non-hydrogen) atoms. The highest BCUT2D eigenvalue weighted by Crippen LogP contribution is 2.26. The summed E-state index contributed by atoms with van der Waals surface area (Å²) in [7, 11) is 1.86. The van der Waals surface area contributed by atoms with Crippen LogP contribution in [0.3, 0.4) is 0 Å². The van der Waals surface area contributed by atoms with Gasteiger partial charge in [0, 0.05) is 18.0 Å². The van der Waals surface area contributed by atoms with Crippen LogP contribution in [0, 0.1) is 6.92 Å². The number of rotatable bonds is 3. The van der Waals surface area contributed by atoms with E-state index in [1.165, 1.54) is 4.90 Å². The molecule has 0 atom stereocenters. The van der Waals surface area contributed by atoms with Crippen LogP contribution in [-0.2, 0) is 0 Å². The highest BCUT2D eigenvalue weighted by Gasteiger charge is 2.02. The molecule has 0 spiro atoms. The van der Waals surface area contributed by atoms with Crippen molar-refractivity contribution < 1.29 is 0 Å². The van der Waals surface area contributed by atoms with Gasteiger partial charge >= 0.3 is 0 Å². The number of nitrogens with zero attached hydrogens (tertiary/aromatic N) is 2. The molecule has 1 heterocycles. The van der Waals surface area contributed by atoms with Gasteiger partial charge in [0.05, 0.1) is 0 Å². The van der Waals surface area contributed by atoms with Crippen molar-refractivity contribution in [1.29, 1.82) is 0 Å². The Kier molecular flexibility index (Phi) is 3.41. The summed E-state index contributed by atoms with van der Waals surface area (Å²) in [5.41, 5.74) is 0. The molecule has 1 aromatic carbocycles. The summed E-state index contributed by atoms with van der Waals surface area (Å²) >= 11 is 1.64. The van der Waals surface area contributed by atoms with Crippen molar-refractivity contribution >= 4 is 17.6 Å². The summed E-state index contributed by atoms with van der Waals surface area (Å²) in [5, 5.41) is 3.99. The molecular formula is C12H13N3S. The van der Waals surface area contributed by atoms with E-state index in [2.05, 4.69) is 27.4 Å². The molecule has 0 saturated carbocycles. The van der Waals surface area contributed by atoms with Gasteiger partial charge in [0.25, 0.3) is 0 Å². The molecule has 2 rings (SSSR count). The monoisotopic (exact) mass is 231 g/mol. The fourth-order valence-electron chi connectivity index (χ4n) is 1.33. The standard InChI is InChI=1S/C12H13N3S/c1-9-14-11(13-2)8-12(15-9)16-10-6-4-3-5-7-10/h3-8H,1-2H3,(H,13,14,15). The summed E-state index contributed by atoms with van der Waals surface area (Å²) in [4.78, 5) is 9.83. The molecule has 1 N–H and O–H groups in total. The third kappa shape index (κ3) is 2.73. The van der Waals surface area contributed by atoms with Crippen molar-refractivity contribution in [1.82, 2.24) is 9.97 Å². The Balaban J connectivity index is 2.24. The lowest BCUT2D eigenvalue weighted by Gasteiger charge is -2.04. The van der Waals surface area contributed by atoms with Crippen LogP contribution < -0.4 is 5.32 Å². The van der Waals surface area contributed by atoms with Gasteiger partial charge in [-0.15, -0.1) is 0 Å². The van der Waals surface area contributed by atoms with E-state index in [0.717, 1.165) is 16.7 Å². The van der Waals surface area contributed by atoms with Gasteiger partial charge in [-0.05, 0) is 19.1 Å². The predicted molar refractivity (Wildman–Crippen MR) is 66.9 cm³/mol. The van der Waals surface area contributed by atoms with E-state index >= 15 is 0 Å². The first-order valence-corrected chi connectivity index (χ1v) is 5.86. The van der Waals surface area contributed by atoms with Crippen molar-refractivity contribution in [3.63, 3.8) is 0 Å². The van der Waals surface area contributed by atoms with Crippen LogP contribution in [0.1, 0.15) is 5.82 Å². The summed E-state index contributed by atoms with van der Waals surface area (Å²) in [5.74, 6) is 1.64. The SMILES string of the molecule is CNc1cc(Sc2ccccc2)nc(C)n1. The van der Waals surface area contributed by atoms with Crippen LogP contribution in [0.25, 0.3) is 0 Å². The van der Waals surface area contributed by atoms with E-state index in [0.29, 0.717) is 0 Å². The molecule has 82 valence electrons. The van der Waals surface area contributed by atoms with Gasteiger partial charge in [0.2, 0.25) is 0 Å². The third-order valence-electron chi connectivity index (χ3n) is 2.04. The molecule has 0 unspecified atom stereocenters. The Morgan fingerprint density at radius 2 is 1.88 bits per heavy atom. The molecule has 0 aliphatic rings. The van der Waals surface area contributed by atoms with Gasteiger partial charge in [-0.1, -0.05) is 30.0 Å². The molecule has 0 radical (unpaired) electrons. The topological polar surface area (TPSA) is 37.8 Å². The normalized spacial score (nSPS) is 10.1. The van der Waals surface area contributed by atoms with E-state index in [1.807, 2.05) is 38.2 Å². The molecule has 0 fully saturated rings. The minimum absolute atomic E-state index is 0.783. The lowest BCUT2D eigenvalue weighted by atomic mass is 10.4. The molecule has 0 bridgehead atoms. The maximum Gasteiger partial charge on any atom is 0.130 e. The third-order valence-corrected chi connectivity index (χ3v) is 2.96. The molecule has 4 heteroatoms. The van der Waals surface area contributed by atoms with E-state index < -0.39 is 0 Å². The Bertz CT molecular complexity index is 471. The number of anilines is 1. The molecule has 0 amide bonds. The first-order chi connectivity index (χ1) is 7.78. The molecule has 3 nitrogen and oxygen atoms in total. The van der Waals surface area contributed by atoms with Gasteiger partial charge in [0.15, 0.2) is 0 Å². The van der Waals surface area contributed by atoms with Gasteiger partial charge in [-0.3, -0.25) is 0 Å². The van der Waals surface area contributed by atoms with Crippen LogP contribution >= 0.6 is 11.8 Å². The van der Waals surface area contributed by atoms with Crippen LogP contribution in [-0.4, -0.2) is 17.0 Å². The Morgan fingerprint density at radius 1 is 1.12 bits per heavy atom. The second-order valence-electron chi connectivity index (χ2n) is 3.30. The van der Waals surface area contributed by atoms with Crippen molar-refractivity contribution in [3.05, 3.63) is 42.2 Å². The number of nitrogens with one attached hydrogen (secondary N) is 1. The maximum atomic E-state index is 4.39. The maximum absolute atomic E-state index is 4.39. The van der Waals surface area contributed by atoms with Gasteiger partial charge in [0.1, 0.15) is 16.7 Å². The van der Waals surface area contributed by atoms with Crippen LogP contribution in [0.15, 0.2) is 46.3 Å². The fourth-order valence-corrected chi connectivity index (χ4v) is 2.21. The summed E-state index contributed by atoms with van der Waals surface area (Å²) in [6, 6.07) is 12.1. The summed E-state index contributed by atoms with van der Waals surface area (Å²) < 4.78 is 0. The van der Waals surface area contributed by atoms with Crippen LogP contribution in [0.2, 0.25) is 0 Å². The number of aryl methyl sites for hydroxylation is 1. The zero-order valence-corrected chi connectivity index (χ0v) is 10.1. The highest BCUT2D eigenvalue weighted by atomic mass is 32.2. The first kappa shape index (κ1) is 11.0. The number of hydrogen-bond donors (Lipinski definition) is 1. The first-order valence-electron chi connectivity index (χ1n) is 5.04. The van der Waals surface area contributed by atoms with Gasteiger partial charge in [-0.2, -0.15) is 0 Å². The molecular weight excluding hydrogens is 218 g/mol. The molecule has 2 aromatic rings. The quantitative estimate of drug-likeness (QED) is 0.824. The number of aromatic nitrogens is 2. The fraction of sp³-hybridized carbons (Fsp3) is 0.167. The smallest absolute Gasteiger partial charge is 0.130 e. The Morgan fingerprint density at radius 3 is 2.56 bits per heavy atom. The van der Waals surface area contributed by atoms with Crippen molar-refractivity contribution in [2.24, 2.45) is 0 Å². The van der Waals surface area contributed by atoms with Gasteiger partial charge < -0.3 is 5.32 Å². The zero-order valence-electron chi connectivity index (χ0n) is 9.27. The molecule has 1 aromatic heterocycles. The van der Waals surface area contributed by atoms with Gasteiger partial charge in [-0.25, -0.2) is 9.97 Å². The lowest BCUT2D eigenvalue weighted by Crippen LogP contribution is -1.97. The molecule has 0 aliphatic carbocycles. The minimum Gasteiger partial charge on any atom is -0.373 e. The zero-order chi connectivity index (χ0) is 11.4. The Labute approximate surface area is 99.3 Å². The van der Waals surface area contributed by atoms with Crippen molar-refractivity contribution in [2.45, 2.75) is 16.8 Å². The van der Waals surface area contributed by atoms with E-state index in [9.17, 15) is 0 Å². The largest absolute Gasteiger partial charge is 0.373 e. The second kappa shape index (κ2) is 4.99. The highest BCUT2D eigenvalue weighted by molar-refractivity contribution is 7.99. The summed E-state index contributed by atoms with van der Waals surface area (Å²) in [6.45, 7) is 1.90. The van der Waals surface area contributed by atoms with E-state index in [1.54, 1.807) is 11.8 Å². The lowest BCUT2D eigenvalue weighted by molar-refractivity contribution is 0.969. The number of hydrogen-bond acceptors (Lipinski definition) is 4. The number of benzene rings is 1.